The van der Waals surface area contributed by atoms with Gasteiger partial charge in [0.2, 0.25) is 0 Å². The molecule has 146 valence electrons. The molecule has 2 amide bonds. The number of halogens is 1. The van der Waals surface area contributed by atoms with Crippen molar-refractivity contribution < 1.29 is 28.2 Å². The number of likely N-dealkylation sites (tertiary alicyclic amines) is 1. The zero-order chi connectivity index (χ0) is 19.6. The Morgan fingerprint density at radius 2 is 1.81 bits per heavy atom. The van der Waals surface area contributed by atoms with Crippen LogP contribution in [0.5, 0.6) is 0 Å². The molecule has 1 aromatic carbocycles. The summed E-state index contributed by atoms with van der Waals surface area (Å²) in [6.45, 7) is 1.12. The molecule has 2 aliphatic heterocycles. The molecule has 1 aromatic rings. The molecule has 27 heavy (non-hydrogen) atoms. The van der Waals surface area contributed by atoms with Crippen LogP contribution in [0, 0.1) is 11.2 Å². The van der Waals surface area contributed by atoms with Crippen LogP contribution in [-0.4, -0.2) is 56.7 Å². The molecular formula is C19H23FN2O5. The number of hydrogen-bond acceptors (Lipinski definition) is 5. The van der Waals surface area contributed by atoms with Crippen LogP contribution in [0.3, 0.4) is 0 Å². The smallest absolute Gasteiger partial charge is 0.324 e. The number of piperidine rings is 1. The van der Waals surface area contributed by atoms with Crippen LogP contribution in [0.25, 0.3) is 0 Å². The first-order chi connectivity index (χ1) is 12.9. The van der Waals surface area contributed by atoms with Crippen LogP contribution < -0.4 is 4.90 Å². The van der Waals surface area contributed by atoms with E-state index in [1.165, 1.54) is 26.4 Å². The number of benzene rings is 1. The summed E-state index contributed by atoms with van der Waals surface area (Å²) in [5, 5.41) is 0. The summed E-state index contributed by atoms with van der Waals surface area (Å²) in [5.74, 6) is -1.33. The predicted molar refractivity (Wildman–Crippen MR) is 94.7 cm³/mol. The molecular weight excluding hydrogens is 355 g/mol. The summed E-state index contributed by atoms with van der Waals surface area (Å²) >= 11 is 0. The second kappa shape index (κ2) is 7.54. The van der Waals surface area contributed by atoms with Gasteiger partial charge in [-0.3, -0.25) is 14.5 Å². The van der Waals surface area contributed by atoms with Gasteiger partial charge in [-0.15, -0.1) is 0 Å². The summed E-state index contributed by atoms with van der Waals surface area (Å²) in [6.07, 6.45) is 1.23. The Bertz CT molecular complexity index is 758. The molecule has 0 atom stereocenters. The van der Waals surface area contributed by atoms with Gasteiger partial charge in [0.25, 0.3) is 0 Å². The highest BCUT2D eigenvalue weighted by Gasteiger charge is 2.46. The van der Waals surface area contributed by atoms with E-state index in [1.54, 1.807) is 15.9 Å². The number of esters is 2. The SMILES string of the molecule is COC(=O)CC1(C(=O)OC)CCN(C(=O)N2CCc3ccc(F)cc32)CC1. The fourth-order valence-electron chi connectivity index (χ4n) is 3.87. The Hall–Kier alpha value is -2.64. The lowest BCUT2D eigenvalue weighted by molar-refractivity contribution is -0.162. The first-order valence-electron chi connectivity index (χ1n) is 8.90. The molecule has 0 aliphatic carbocycles. The van der Waals surface area contributed by atoms with Gasteiger partial charge in [0.05, 0.1) is 31.7 Å². The van der Waals surface area contributed by atoms with Crippen molar-refractivity contribution in [3.05, 3.63) is 29.6 Å². The van der Waals surface area contributed by atoms with Crippen LogP contribution in [0.4, 0.5) is 14.9 Å². The van der Waals surface area contributed by atoms with Gasteiger partial charge >= 0.3 is 18.0 Å². The molecule has 3 rings (SSSR count). The van der Waals surface area contributed by atoms with Gasteiger partial charge in [0.1, 0.15) is 5.82 Å². The van der Waals surface area contributed by atoms with Gasteiger partial charge in [-0.2, -0.15) is 0 Å². The molecule has 0 saturated carbocycles. The summed E-state index contributed by atoms with van der Waals surface area (Å²) in [6, 6.07) is 4.26. The molecule has 2 heterocycles. The largest absolute Gasteiger partial charge is 0.469 e. The van der Waals surface area contributed by atoms with Crippen molar-refractivity contribution in [2.45, 2.75) is 25.7 Å². The molecule has 0 N–H and O–H groups in total. The van der Waals surface area contributed by atoms with E-state index in [4.69, 9.17) is 9.47 Å². The maximum absolute atomic E-state index is 13.6. The van der Waals surface area contributed by atoms with E-state index in [0.717, 1.165) is 5.56 Å². The fourth-order valence-corrected chi connectivity index (χ4v) is 3.87. The highest BCUT2D eigenvalue weighted by atomic mass is 19.1. The minimum absolute atomic E-state index is 0.0734. The van der Waals surface area contributed by atoms with Crippen molar-refractivity contribution in [2.75, 3.05) is 38.8 Å². The van der Waals surface area contributed by atoms with E-state index in [1.807, 2.05) is 0 Å². The molecule has 0 radical (unpaired) electrons. The quantitative estimate of drug-likeness (QED) is 0.753. The lowest BCUT2D eigenvalue weighted by Gasteiger charge is -2.40. The number of amides is 2. The standard InChI is InChI=1S/C19H23FN2O5/c1-26-16(23)12-19(17(24)27-2)6-9-21(10-7-19)18(25)22-8-5-13-3-4-14(20)11-15(13)22/h3-4,11H,5-10,12H2,1-2H3. The first-order valence-corrected chi connectivity index (χ1v) is 8.90. The molecule has 2 aliphatic rings. The lowest BCUT2D eigenvalue weighted by atomic mass is 9.75. The van der Waals surface area contributed by atoms with E-state index in [2.05, 4.69) is 0 Å². The minimum atomic E-state index is -0.979. The number of methoxy groups -OCH3 is 2. The normalized spacial score (nSPS) is 18.0. The molecule has 0 unspecified atom stereocenters. The highest BCUT2D eigenvalue weighted by molar-refractivity contribution is 5.94. The Balaban J connectivity index is 1.71. The number of carbonyl (C=O) groups is 3. The number of anilines is 1. The zero-order valence-corrected chi connectivity index (χ0v) is 15.5. The molecule has 0 bridgehead atoms. The number of hydrogen-bond donors (Lipinski definition) is 0. The lowest BCUT2D eigenvalue weighted by Crippen LogP contribution is -2.51. The van der Waals surface area contributed by atoms with Gasteiger partial charge < -0.3 is 14.4 Å². The Morgan fingerprint density at radius 3 is 2.44 bits per heavy atom. The van der Waals surface area contributed by atoms with Crippen molar-refractivity contribution in [2.24, 2.45) is 5.41 Å². The van der Waals surface area contributed by atoms with Crippen molar-refractivity contribution in [3.8, 4) is 0 Å². The van der Waals surface area contributed by atoms with Gasteiger partial charge in [0.15, 0.2) is 0 Å². The van der Waals surface area contributed by atoms with Crippen LogP contribution in [0.15, 0.2) is 18.2 Å². The van der Waals surface area contributed by atoms with Crippen molar-refractivity contribution in [1.29, 1.82) is 0 Å². The van der Waals surface area contributed by atoms with Gasteiger partial charge in [-0.1, -0.05) is 6.07 Å². The average Bonchev–Trinajstić information content (AvgIpc) is 3.10. The number of ether oxygens (including phenoxy) is 2. The number of carbonyl (C=O) groups excluding carboxylic acids is 3. The monoisotopic (exact) mass is 378 g/mol. The number of rotatable bonds is 3. The third-order valence-corrected chi connectivity index (χ3v) is 5.49. The topological polar surface area (TPSA) is 76.2 Å². The van der Waals surface area contributed by atoms with E-state index in [0.29, 0.717) is 44.6 Å². The predicted octanol–water partition coefficient (Wildman–Crippen LogP) is 2.13. The van der Waals surface area contributed by atoms with Gasteiger partial charge in [-0.25, -0.2) is 9.18 Å². The molecule has 8 heteroatoms. The Labute approximate surface area is 157 Å². The maximum atomic E-state index is 13.6. The highest BCUT2D eigenvalue weighted by Crippen LogP contribution is 2.38. The third-order valence-electron chi connectivity index (χ3n) is 5.49. The van der Waals surface area contributed by atoms with E-state index in [9.17, 15) is 18.8 Å². The van der Waals surface area contributed by atoms with Crippen LogP contribution in [0.2, 0.25) is 0 Å². The second-order valence-corrected chi connectivity index (χ2v) is 6.97. The van der Waals surface area contributed by atoms with Gasteiger partial charge in [0, 0.05) is 19.6 Å². The van der Waals surface area contributed by atoms with Crippen molar-refractivity contribution >= 4 is 23.7 Å². The van der Waals surface area contributed by atoms with E-state index < -0.39 is 17.4 Å². The number of nitrogens with zero attached hydrogens (tertiary/aromatic N) is 2. The molecule has 0 aromatic heterocycles. The average molecular weight is 378 g/mol. The first kappa shape index (κ1) is 19.1. The Kier molecular flexibility index (Phi) is 5.34. The summed E-state index contributed by atoms with van der Waals surface area (Å²) in [4.78, 5) is 40.2. The fraction of sp³-hybridized carbons (Fsp3) is 0.526. The minimum Gasteiger partial charge on any atom is -0.469 e. The van der Waals surface area contributed by atoms with Crippen LogP contribution in [-0.2, 0) is 25.5 Å². The summed E-state index contributed by atoms with van der Waals surface area (Å²) in [5.41, 5.74) is 0.559. The summed E-state index contributed by atoms with van der Waals surface area (Å²) < 4.78 is 23.2. The second-order valence-electron chi connectivity index (χ2n) is 6.97. The summed E-state index contributed by atoms with van der Waals surface area (Å²) in [7, 11) is 2.56. The van der Waals surface area contributed by atoms with Gasteiger partial charge in [-0.05, 0) is 37.0 Å². The van der Waals surface area contributed by atoms with Crippen molar-refractivity contribution in [3.63, 3.8) is 0 Å². The van der Waals surface area contributed by atoms with E-state index >= 15 is 0 Å². The number of fused-ring (bicyclic) bond motifs is 1. The van der Waals surface area contributed by atoms with E-state index in [-0.39, 0.29) is 18.3 Å². The maximum Gasteiger partial charge on any atom is 0.324 e. The van der Waals surface area contributed by atoms with Crippen molar-refractivity contribution in [1.82, 2.24) is 4.90 Å². The molecule has 1 saturated heterocycles. The molecule has 1 fully saturated rings. The third kappa shape index (κ3) is 3.61. The number of urea groups is 1. The van der Waals surface area contributed by atoms with Crippen LogP contribution >= 0.6 is 0 Å². The Morgan fingerprint density at radius 1 is 1.11 bits per heavy atom. The molecule has 7 nitrogen and oxygen atoms in total. The zero-order valence-electron chi connectivity index (χ0n) is 15.5. The molecule has 0 spiro atoms. The van der Waals surface area contributed by atoms with Crippen LogP contribution in [0.1, 0.15) is 24.8 Å².